The van der Waals surface area contributed by atoms with Crippen molar-refractivity contribution in [3.8, 4) is 0 Å². The van der Waals surface area contributed by atoms with Crippen molar-refractivity contribution >= 4 is 23.3 Å². The maximum absolute atomic E-state index is 12.9. The van der Waals surface area contributed by atoms with E-state index in [4.69, 9.17) is 0 Å². The average molecular weight is 351 g/mol. The number of carbonyl (C=O) groups excluding carboxylic acids is 2. The molecule has 2 N–H and O–H groups in total. The van der Waals surface area contributed by atoms with Crippen LogP contribution in [0.4, 0.5) is 16.2 Å². The summed E-state index contributed by atoms with van der Waals surface area (Å²) in [5.41, 5.74) is 3.36. The van der Waals surface area contributed by atoms with Crippen molar-refractivity contribution < 1.29 is 9.59 Å². The molecular formula is C21H25N3O2. The average Bonchev–Trinajstić information content (AvgIpc) is 3.05. The number of amides is 3. The predicted molar refractivity (Wildman–Crippen MR) is 105 cm³/mol. The fourth-order valence-corrected chi connectivity index (χ4v) is 3.08. The van der Waals surface area contributed by atoms with Gasteiger partial charge in [-0.25, -0.2) is 4.79 Å². The highest BCUT2D eigenvalue weighted by Crippen LogP contribution is 2.29. The highest BCUT2D eigenvalue weighted by Gasteiger charge is 2.25. The van der Waals surface area contributed by atoms with Gasteiger partial charge in [0.25, 0.3) is 5.91 Å². The van der Waals surface area contributed by atoms with E-state index in [1.54, 1.807) is 29.2 Å². The van der Waals surface area contributed by atoms with E-state index in [-0.39, 0.29) is 11.9 Å². The monoisotopic (exact) mass is 351 g/mol. The summed E-state index contributed by atoms with van der Waals surface area (Å²) in [5, 5.41) is 5.63. The topological polar surface area (TPSA) is 61.4 Å². The van der Waals surface area contributed by atoms with Gasteiger partial charge in [0.05, 0.1) is 0 Å². The van der Waals surface area contributed by atoms with Gasteiger partial charge in [0, 0.05) is 30.0 Å². The molecule has 2 aromatic rings. The second kappa shape index (κ2) is 8.04. The molecule has 1 heterocycles. The van der Waals surface area contributed by atoms with Gasteiger partial charge in [-0.3, -0.25) is 4.79 Å². The predicted octanol–water partition coefficient (Wildman–Crippen LogP) is 4.06. The molecule has 0 aromatic heterocycles. The lowest BCUT2D eigenvalue weighted by Crippen LogP contribution is -2.31. The molecule has 2 aromatic carbocycles. The Bertz CT molecular complexity index is 801. The second-order valence-corrected chi connectivity index (χ2v) is 6.98. The molecule has 0 unspecified atom stereocenters. The molecule has 0 fully saturated rings. The summed E-state index contributed by atoms with van der Waals surface area (Å²) in [6.45, 7) is 5.55. The summed E-state index contributed by atoms with van der Waals surface area (Å²) in [4.78, 5) is 26.7. The molecule has 136 valence electrons. The van der Waals surface area contributed by atoms with Crippen LogP contribution in [-0.4, -0.2) is 25.0 Å². The van der Waals surface area contributed by atoms with Crippen molar-refractivity contribution in [2.24, 2.45) is 5.92 Å². The highest BCUT2D eigenvalue weighted by atomic mass is 16.2. The normalized spacial score (nSPS) is 12.8. The minimum atomic E-state index is -0.248. The first-order valence-electron chi connectivity index (χ1n) is 9.09. The number of carbonyl (C=O) groups is 2. The first-order valence-corrected chi connectivity index (χ1v) is 9.09. The zero-order valence-corrected chi connectivity index (χ0v) is 15.3. The van der Waals surface area contributed by atoms with Crippen molar-refractivity contribution in [1.29, 1.82) is 0 Å². The molecule has 0 atom stereocenters. The second-order valence-electron chi connectivity index (χ2n) is 6.98. The number of hydrogen-bond acceptors (Lipinski definition) is 2. The maximum atomic E-state index is 12.9. The number of nitrogens with one attached hydrogen (secondary N) is 2. The number of nitrogens with zero attached hydrogens (tertiary/aromatic N) is 1. The summed E-state index contributed by atoms with van der Waals surface area (Å²) < 4.78 is 0. The van der Waals surface area contributed by atoms with Gasteiger partial charge in [-0.1, -0.05) is 38.1 Å². The fraction of sp³-hybridized carbons (Fsp3) is 0.333. The smallest absolute Gasteiger partial charge is 0.319 e. The van der Waals surface area contributed by atoms with Crippen LogP contribution in [0.3, 0.4) is 0 Å². The van der Waals surface area contributed by atoms with Gasteiger partial charge in [-0.05, 0) is 48.6 Å². The van der Waals surface area contributed by atoms with Crippen LogP contribution in [0.5, 0.6) is 0 Å². The van der Waals surface area contributed by atoms with Gasteiger partial charge >= 0.3 is 6.03 Å². The maximum Gasteiger partial charge on any atom is 0.319 e. The molecule has 0 radical (unpaired) electrons. The van der Waals surface area contributed by atoms with Gasteiger partial charge in [-0.15, -0.1) is 0 Å². The Morgan fingerprint density at radius 3 is 2.73 bits per heavy atom. The van der Waals surface area contributed by atoms with Crippen LogP contribution in [0.1, 0.15) is 36.2 Å². The Balaban J connectivity index is 1.66. The van der Waals surface area contributed by atoms with Crippen molar-refractivity contribution in [1.82, 2.24) is 5.32 Å². The molecule has 3 amide bonds. The Morgan fingerprint density at radius 1 is 1.12 bits per heavy atom. The number of anilines is 2. The van der Waals surface area contributed by atoms with E-state index in [1.165, 1.54) is 5.56 Å². The minimum Gasteiger partial charge on any atom is -0.338 e. The van der Waals surface area contributed by atoms with Crippen LogP contribution in [0.25, 0.3) is 0 Å². The van der Waals surface area contributed by atoms with E-state index in [1.807, 2.05) is 18.2 Å². The SMILES string of the molecule is CC(C)CCNC(=O)Nc1cccc(C(=O)N2CCc3ccccc32)c1. The zero-order chi connectivity index (χ0) is 18.5. The molecule has 1 aliphatic heterocycles. The van der Waals surface area contributed by atoms with E-state index in [0.717, 1.165) is 18.5 Å². The number of fused-ring (bicyclic) bond motifs is 1. The third-order valence-corrected chi connectivity index (χ3v) is 4.51. The van der Waals surface area contributed by atoms with Crippen LogP contribution >= 0.6 is 0 Å². The lowest BCUT2D eigenvalue weighted by atomic mass is 10.1. The van der Waals surface area contributed by atoms with E-state index in [2.05, 4.69) is 30.5 Å². The van der Waals surface area contributed by atoms with Gasteiger partial charge in [0.15, 0.2) is 0 Å². The van der Waals surface area contributed by atoms with Crippen LogP contribution in [-0.2, 0) is 6.42 Å². The van der Waals surface area contributed by atoms with Crippen LogP contribution in [0, 0.1) is 5.92 Å². The molecular weight excluding hydrogens is 326 g/mol. The fourth-order valence-electron chi connectivity index (χ4n) is 3.08. The van der Waals surface area contributed by atoms with Crippen molar-refractivity contribution in [3.63, 3.8) is 0 Å². The van der Waals surface area contributed by atoms with Crippen LogP contribution < -0.4 is 15.5 Å². The molecule has 5 nitrogen and oxygen atoms in total. The Labute approximate surface area is 154 Å². The molecule has 0 saturated heterocycles. The highest BCUT2D eigenvalue weighted by molar-refractivity contribution is 6.08. The van der Waals surface area contributed by atoms with Gasteiger partial charge in [0.2, 0.25) is 0 Å². The van der Waals surface area contributed by atoms with E-state index >= 15 is 0 Å². The number of rotatable bonds is 5. The van der Waals surface area contributed by atoms with Crippen LogP contribution in [0.2, 0.25) is 0 Å². The molecule has 3 rings (SSSR count). The number of urea groups is 1. The van der Waals surface area contributed by atoms with Crippen molar-refractivity contribution in [2.45, 2.75) is 26.7 Å². The third kappa shape index (κ3) is 4.23. The molecule has 0 bridgehead atoms. The molecule has 0 spiro atoms. The summed E-state index contributed by atoms with van der Waals surface area (Å²) >= 11 is 0. The molecule has 0 saturated carbocycles. The standard InChI is InChI=1S/C21H25N3O2/c1-15(2)10-12-22-21(26)23-18-8-5-7-17(14-18)20(25)24-13-11-16-6-3-4-9-19(16)24/h3-9,14-15H,10-13H2,1-2H3,(H2,22,23,26). The third-order valence-electron chi connectivity index (χ3n) is 4.51. The summed E-state index contributed by atoms with van der Waals surface area (Å²) in [7, 11) is 0. The van der Waals surface area contributed by atoms with Gasteiger partial charge in [0.1, 0.15) is 0 Å². The Kier molecular flexibility index (Phi) is 5.56. The summed E-state index contributed by atoms with van der Waals surface area (Å²) in [5.74, 6) is 0.499. The first-order chi connectivity index (χ1) is 12.5. The van der Waals surface area contributed by atoms with Gasteiger partial charge < -0.3 is 15.5 Å². The number of para-hydroxylation sites is 1. The summed E-state index contributed by atoms with van der Waals surface area (Å²) in [6.07, 6.45) is 1.80. The van der Waals surface area contributed by atoms with E-state index in [0.29, 0.717) is 30.3 Å². The largest absolute Gasteiger partial charge is 0.338 e. The lowest BCUT2D eigenvalue weighted by molar-refractivity contribution is 0.0989. The summed E-state index contributed by atoms with van der Waals surface area (Å²) in [6, 6.07) is 14.8. The molecule has 0 aliphatic carbocycles. The molecule has 5 heteroatoms. The van der Waals surface area contributed by atoms with Gasteiger partial charge in [-0.2, -0.15) is 0 Å². The molecule has 1 aliphatic rings. The van der Waals surface area contributed by atoms with Crippen molar-refractivity contribution in [3.05, 3.63) is 59.7 Å². The molecule has 26 heavy (non-hydrogen) atoms. The lowest BCUT2D eigenvalue weighted by Gasteiger charge is -2.18. The zero-order valence-electron chi connectivity index (χ0n) is 15.3. The first kappa shape index (κ1) is 18.0. The Hall–Kier alpha value is -2.82. The van der Waals surface area contributed by atoms with Crippen molar-refractivity contribution in [2.75, 3.05) is 23.3 Å². The Morgan fingerprint density at radius 2 is 1.92 bits per heavy atom. The minimum absolute atomic E-state index is 0.0428. The van der Waals surface area contributed by atoms with Crippen LogP contribution in [0.15, 0.2) is 48.5 Å². The van der Waals surface area contributed by atoms with E-state index in [9.17, 15) is 9.59 Å². The quantitative estimate of drug-likeness (QED) is 0.853. The van der Waals surface area contributed by atoms with E-state index < -0.39 is 0 Å². The number of benzene rings is 2. The number of hydrogen-bond donors (Lipinski definition) is 2.